The second-order valence-corrected chi connectivity index (χ2v) is 4.95. The van der Waals surface area contributed by atoms with Gasteiger partial charge in [-0.15, -0.1) is 0 Å². The Bertz CT molecular complexity index is 540. The van der Waals surface area contributed by atoms with Gasteiger partial charge in [0.1, 0.15) is 0 Å². The first kappa shape index (κ1) is 11.3. The molecule has 1 aliphatic rings. The Hall–Kier alpha value is -1.76. The Morgan fingerprint density at radius 1 is 1.00 bits per heavy atom. The summed E-state index contributed by atoms with van der Waals surface area (Å²) < 4.78 is 0. The average Bonchev–Trinajstić information content (AvgIpc) is 2.47. The molecule has 2 aromatic rings. The monoisotopic (exact) mass is 237 g/mol. The largest absolute Gasteiger partial charge is 0.385 e. The third-order valence-electron chi connectivity index (χ3n) is 3.74. The second kappa shape index (κ2) is 4.85. The molecule has 92 valence electrons. The minimum absolute atomic E-state index is 1.10. The van der Waals surface area contributed by atoms with Crippen LogP contribution in [0.2, 0.25) is 0 Å². The van der Waals surface area contributed by atoms with Crippen molar-refractivity contribution in [3.63, 3.8) is 0 Å². The minimum atomic E-state index is 1.10. The topological polar surface area (TPSA) is 12.0 Å². The van der Waals surface area contributed by atoms with Gasteiger partial charge in [-0.3, -0.25) is 0 Å². The van der Waals surface area contributed by atoms with E-state index in [-0.39, 0.29) is 0 Å². The molecule has 0 atom stereocenters. The number of nitrogens with one attached hydrogen (secondary N) is 1. The number of rotatable bonds is 2. The van der Waals surface area contributed by atoms with E-state index in [9.17, 15) is 0 Å². The van der Waals surface area contributed by atoms with Crippen LogP contribution >= 0.6 is 0 Å². The molecule has 1 nitrogen and oxygen atoms in total. The lowest BCUT2D eigenvalue weighted by molar-refractivity contribution is 0.830. The molecule has 0 fully saturated rings. The summed E-state index contributed by atoms with van der Waals surface area (Å²) in [7, 11) is 0. The summed E-state index contributed by atoms with van der Waals surface area (Å²) in [5.41, 5.74) is 6.79. The van der Waals surface area contributed by atoms with Crippen molar-refractivity contribution in [3.8, 4) is 11.1 Å². The first-order valence-electron chi connectivity index (χ1n) is 6.83. The normalized spacial score (nSPS) is 13.8. The zero-order valence-electron chi connectivity index (χ0n) is 10.9. The number of hydrogen-bond acceptors (Lipinski definition) is 1. The summed E-state index contributed by atoms with van der Waals surface area (Å²) >= 11 is 0. The van der Waals surface area contributed by atoms with Gasteiger partial charge in [-0.25, -0.2) is 0 Å². The van der Waals surface area contributed by atoms with Crippen molar-refractivity contribution in [3.05, 3.63) is 53.6 Å². The quantitative estimate of drug-likeness (QED) is 0.822. The molecule has 1 heterocycles. The Morgan fingerprint density at radius 2 is 1.78 bits per heavy atom. The highest BCUT2D eigenvalue weighted by Crippen LogP contribution is 2.28. The maximum Gasteiger partial charge on any atom is 0.0378 e. The van der Waals surface area contributed by atoms with E-state index in [0.717, 1.165) is 13.0 Å². The lowest BCUT2D eigenvalue weighted by Gasteiger charge is -2.18. The van der Waals surface area contributed by atoms with Crippen molar-refractivity contribution in [2.45, 2.75) is 26.2 Å². The Morgan fingerprint density at radius 3 is 2.56 bits per heavy atom. The van der Waals surface area contributed by atoms with E-state index in [0.29, 0.717) is 0 Å². The van der Waals surface area contributed by atoms with Crippen LogP contribution in [0.25, 0.3) is 11.1 Å². The SMILES string of the molecule is CCc1ccc(-c2ccc3c(c2)NCCC3)cc1. The third kappa shape index (κ3) is 2.13. The van der Waals surface area contributed by atoms with Gasteiger partial charge in [-0.05, 0) is 47.6 Å². The summed E-state index contributed by atoms with van der Waals surface area (Å²) in [5.74, 6) is 0. The molecule has 0 unspecified atom stereocenters. The van der Waals surface area contributed by atoms with Crippen LogP contribution in [0.15, 0.2) is 42.5 Å². The molecule has 0 spiro atoms. The first-order chi connectivity index (χ1) is 8.86. The first-order valence-corrected chi connectivity index (χ1v) is 6.83. The smallest absolute Gasteiger partial charge is 0.0378 e. The number of benzene rings is 2. The lowest BCUT2D eigenvalue weighted by atomic mass is 9.97. The average molecular weight is 237 g/mol. The fraction of sp³-hybridized carbons (Fsp3) is 0.294. The van der Waals surface area contributed by atoms with Crippen LogP contribution in [0.1, 0.15) is 24.5 Å². The highest BCUT2D eigenvalue weighted by molar-refractivity contribution is 5.70. The number of aryl methyl sites for hydroxylation is 2. The Balaban J connectivity index is 1.95. The fourth-order valence-electron chi connectivity index (χ4n) is 2.57. The molecule has 0 saturated heterocycles. The van der Waals surface area contributed by atoms with Crippen LogP contribution in [-0.4, -0.2) is 6.54 Å². The number of fused-ring (bicyclic) bond motifs is 1. The fourth-order valence-corrected chi connectivity index (χ4v) is 2.57. The van der Waals surface area contributed by atoms with Crippen LogP contribution < -0.4 is 5.32 Å². The zero-order valence-corrected chi connectivity index (χ0v) is 10.9. The summed E-state index contributed by atoms with van der Waals surface area (Å²) in [6.07, 6.45) is 3.56. The highest BCUT2D eigenvalue weighted by atomic mass is 14.9. The van der Waals surface area contributed by atoms with Gasteiger partial charge in [0, 0.05) is 12.2 Å². The lowest BCUT2D eigenvalue weighted by Crippen LogP contribution is -2.11. The van der Waals surface area contributed by atoms with Gasteiger partial charge in [0.15, 0.2) is 0 Å². The van der Waals surface area contributed by atoms with Gasteiger partial charge >= 0.3 is 0 Å². The van der Waals surface area contributed by atoms with Gasteiger partial charge in [0.25, 0.3) is 0 Å². The van der Waals surface area contributed by atoms with E-state index in [4.69, 9.17) is 0 Å². The van der Waals surface area contributed by atoms with E-state index in [1.165, 1.54) is 40.8 Å². The van der Waals surface area contributed by atoms with Crippen molar-refractivity contribution in [1.29, 1.82) is 0 Å². The maximum absolute atomic E-state index is 3.50. The summed E-state index contributed by atoms with van der Waals surface area (Å²) in [6.45, 7) is 3.29. The molecule has 1 aliphatic heterocycles. The van der Waals surface area contributed by atoms with E-state index >= 15 is 0 Å². The molecule has 0 saturated carbocycles. The second-order valence-electron chi connectivity index (χ2n) is 4.95. The van der Waals surface area contributed by atoms with E-state index in [2.05, 4.69) is 54.7 Å². The standard InChI is InChI=1S/C17H19N/c1-2-13-5-7-14(8-6-13)16-10-9-15-4-3-11-18-17(15)12-16/h5-10,12,18H,2-4,11H2,1H3. The van der Waals surface area contributed by atoms with Crippen LogP contribution in [0.5, 0.6) is 0 Å². The van der Waals surface area contributed by atoms with E-state index in [1.54, 1.807) is 0 Å². The van der Waals surface area contributed by atoms with Gasteiger partial charge in [0.05, 0.1) is 0 Å². The summed E-state index contributed by atoms with van der Waals surface area (Å²) in [5, 5.41) is 3.50. The Kier molecular flexibility index (Phi) is 3.06. The van der Waals surface area contributed by atoms with Crippen LogP contribution in [0, 0.1) is 0 Å². The molecule has 0 bridgehead atoms. The van der Waals surface area contributed by atoms with Crippen LogP contribution in [0.4, 0.5) is 5.69 Å². The predicted molar refractivity (Wildman–Crippen MR) is 78.1 cm³/mol. The third-order valence-corrected chi connectivity index (χ3v) is 3.74. The predicted octanol–water partition coefficient (Wildman–Crippen LogP) is 4.27. The van der Waals surface area contributed by atoms with Gasteiger partial charge < -0.3 is 5.32 Å². The van der Waals surface area contributed by atoms with Crippen molar-refractivity contribution < 1.29 is 0 Å². The van der Waals surface area contributed by atoms with Crippen LogP contribution in [0.3, 0.4) is 0 Å². The summed E-state index contributed by atoms with van der Waals surface area (Å²) in [4.78, 5) is 0. The van der Waals surface area contributed by atoms with Gasteiger partial charge in [0.2, 0.25) is 0 Å². The minimum Gasteiger partial charge on any atom is -0.385 e. The molecule has 0 amide bonds. The molecular weight excluding hydrogens is 218 g/mol. The highest BCUT2D eigenvalue weighted by Gasteiger charge is 2.09. The molecule has 0 radical (unpaired) electrons. The molecule has 1 N–H and O–H groups in total. The molecule has 0 aliphatic carbocycles. The molecule has 18 heavy (non-hydrogen) atoms. The van der Waals surface area contributed by atoms with Crippen molar-refractivity contribution in [1.82, 2.24) is 0 Å². The van der Waals surface area contributed by atoms with Gasteiger partial charge in [-0.1, -0.05) is 43.3 Å². The molecule has 1 heteroatoms. The molecule has 0 aromatic heterocycles. The van der Waals surface area contributed by atoms with E-state index < -0.39 is 0 Å². The molecule has 2 aromatic carbocycles. The number of hydrogen-bond donors (Lipinski definition) is 1. The maximum atomic E-state index is 3.50. The van der Waals surface area contributed by atoms with Crippen molar-refractivity contribution in [2.24, 2.45) is 0 Å². The van der Waals surface area contributed by atoms with Crippen molar-refractivity contribution in [2.75, 3.05) is 11.9 Å². The van der Waals surface area contributed by atoms with E-state index in [1.807, 2.05) is 0 Å². The van der Waals surface area contributed by atoms with Crippen LogP contribution in [-0.2, 0) is 12.8 Å². The Labute approximate surface area is 109 Å². The van der Waals surface area contributed by atoms with Crippen molar-refractivity contribution >= 4 is 5.69 Å². The van der Waals surface area contributed by atoms with Gasteiger partial charge in [-0.2, -0.15) is 0 Å². The molecule has 3 rings (SSSR count). The zero-order chi connectivity index (χ0) is 12.4. The summed E-state index contributed by atoms with van der Waals surface area (Å²) in [6, 6.07) is 15.7. The molecular formula is C17H19N. The number of anilines is 1.